The number of aromatic nitrogens is 4. The predicted octanol–water partition coefficient (Wildman–Crippen LogP) is 1.26. The van der Waals surface area contributed by atoms with Gasteiger partial charge in [-0.05, 0) is 26.2 Å². The molecule has 3 aromatic rings. The molecule has 9 nitrogen and oxygen atoms in total. The second-order valence-electron chi connectivity index (χ2n) is 6.69. The van der Waals surface area contributed by atoms with E-state index in [1.54, 1.807) is 34.0 Å². The lowest BCUT2D eigenvalue weighted by Crippen LogP contribution is -2.39. The van der Waals surface area contributed by atoms with Crippen LogP contribution in [0.15, 0.2) is 48.8 Å². The number of nitrogen functional groups attached to an aromatic ring is 1. The molecule has 9 heteroatoms. The van der Waals surface area contributed by atoms with E-state index in [2.05, 4.69) is 15.2 Å². The highest BCUT2D eigenvalue weighted by Gasteiger charge is 2.24. The van der Waals surface area contributed by atoms with E-state index in [1.807, 2.05) is 38.4 Å². The molecule has 0 spiro atoms. The van der Waals surface area contributed by atoms with Gasteiger partial charge in [0.15, 0.2) is 5.82 Å². The quantitative estimate of drug-likeness (QED) is 0.352. The molecule has 3 N–H and O–H groups in total. The zero-order valence-corrected chi connectivity index (χ0v) is 16.5. The number of imidazole rings is 1. The van der Waals surface area contributed by atoms with Gasteiger partial charge >= 0.3 is 5.97 Å². The van der Waals surface area contributed by atoms with E-state index < -0.39 is 6.04 Å². The van der Waals surface area contributed by atoms with Gasteiger partial charge in [0, 0.05) is 29.9 Å². The van der Waals surface area contributed by atoms with Gasteiger partial charge in [-0.3, -0.25) is 19.7 Å². The maximum Gasteiger partial charge on any atom is 0.323 e. The Morgan fingerprint density at radius 3 is 2.48 bits per heavy atom. The fraction of sp³-hybridized carbons (Fsp3) is 0.250. The van der Waals surface area contributed by atoms with Crippen molar-refractivity contribution < 1.29 is 9.53 Å². The SMILES string of the molecule is COC(=O)C(Cc1nccn1-c1ccc(-c2ccc(C(=N)N)cc2)nn1)N(C)C. The minimum atomic E-state index is -0.451. The number of carbonyl (C=O) groups is 1. The summed E-state index contributed by atoms with van der Waals surface area (Å²) in [5.74, 6) is 0.986. The van der Waals surface area contributed by atoms with E-state index in [0.717, 1.165) is 5.56 Å². The number of hydrogen-bond acceptors (Lipinski definition) is 7. The molecule has 2 aromatic heterocycles. The van der Waals surface area contributed by atoms with Gasteiger partial charge in [0.25, 0.3) is 0 Å². The van der Waals surface area contributed by atoms with Gasteiger partial charge in [-0.2, -0.15) is 0 Å². The zero-order chi connectivity index (χ0) is 21.0. The Morgan fingerprint density at radius 1 is 1.21 bits per heavy atom. The number of rotatable bonds is 7. The molecule has 0 aliphatic rings. The van der Waals surface area contributed by atoms with Crippen molar-refractivity contribution in [1.82, 2.24) is 24.6 Å². The van der Waals surface area contributed by atoms with E-state index >= 15 is 0 Å². The van der Waals surface area contributed by atoms with Crippen LogP contribution < -0.4 is 5.73 Å². The number of likely N-dealkylation sites (N-methyl/N-ethyl adjacent to an activating group) is 1. The number of ether oxygens (including phenoxy) is 1. The third kappa shape index (κ3) is 4.46. The molecule has 29 heavy (non-hydrogen) atoms. The molecule has 0 saturated heterocycles. The molecule has 1 aromatic carbocycles. The van der Waals surface area contributed by atoms with E-state index in [9.17, 15) is 4.79 Å². The summed E-state index contributed by atoms with van der Waals surface area (Å²) in [6.07, 6.45) is 3.82. The standard InChI is InChI=1S/C20H23N7O2/c1-26(2)16(20(28)29-3)12-18-23-10-11-27(18)17-9-8-15(24-25-17)13-4-6-14(7-5-13)19(21)22/h4-11,16H,12H2,1-3H3,(H3,21,22). The van der Waals surface area contributed by atoms with Crippen molar-refractivity contribution in [3.8, 4) is 17.1 Å². The summed E-state index contributed by atoms with van der Waals surface area (Å²) >= 11 is 0. The Kier molecular flexibility index (Phi) is 5.99. The Bertz CT molecular complexity index is 994. The topological polar surface area (TPSA) is 123 Å². The average Bonchev–Trinajstić information content (AvgIpc) is 3.19. The van der Waals surface area contributed by atoms with Crippen molar-refractivity contribution in [2.24, 2.45) is 5.73 Å². The Balaban J connectivity index is 1.83. The number of amidine groups is 1. The van der Waals surface area contributed by atoms with E-state index in [4.69, 9.17) is 15.9 Å². The second kappa shape index (κ2) is 8.61. The molecule has 0 amide bonds. The third-order valence-corrected chi connectivity index (χ3v) is 4.58. The Hall–Kier alpha value is -3.59. The maximum atomic E-state index is 12.0. The molecule has 0 bridgehead atoms. The van der Waals surface area contributed by atoms with Crippen LogP contribution in [0.2, 0.25) is 0 Å². The molecular formula is C20H23N7O2. The summed E-state index contributed by atoms with van der Waals surface area (Å²) in [7, 11) is 5.01. The van der Waals surface area contributed by atoms with Gasteiger partial charge in [-0.15, -0.1) is 10.2 Å². The fourth-order valence-electron chi connectivity index (χ4n) is 2.91. The lowest BCUT2D eigenvalue weighted by Gasteiger charge is -2.21. The molecule has 0 fully saturated rings. The van der Waals surface area contributed by atoms with Gasteiger partial charge in [0.1, 0.15) is 17.7 Å². The van der Waals surface area contributed by atoms with Crippen molar-refractivity contribution >= 4 is 11.8 Å². The van der Waals surface area contributed by atoms with Crippen LogP contribution in [0.5, 0.6) is 0 Å². The first-order chi connectivity index (χ1) is 13.9. The molecule has 0 aliphatic carbocycles. The summed E-state index contributed by atoms with van der Waals surface area (Å²) in [5.41, 5.74) is 7.71. The van der Waals surface area contributed by atoms with Gasteiger partial charge < -0.3 is 10.5 Å². The van der Waals surface area contributed by atoms with Crippen LogP contribution in [0.3, 0.4) is 0 Å². The molecule has 150 valence electrons. The Labute approximate surface area is 168 Å². The van der Waals surface area contributed by atoms with Gasteiger partial charge in [0.05, 0.1) is 12.8 Å². The van der Waals surface area contributed by atoms with Gasteiger partial charge in [-0.1, -0.05) is 24.3 Å². The summed E-state index contributed by atoms with van der Waals surface area (Å²) in [4.78, 5) is 18.2. The van der Waals surface area contributed by atoms with Crippen LogP contribution in [0.25, 0.3) is 17.1 Å². The highest BCUT2D eigenvalue weighted by molar-refractivity contribution is 5.95. The highest BCUT2D eigenvalue weighted by atomic mass is 16.5. The smallest absolute Gasteiger partial charge is 0.323 e. The normalized spacial score (nSPS) is 12.0. The number of nitrogens with one attached hydrogen (secondary N) is 1. The Morgan fingerprint density at radius 2 is 1.93 bits per heavy atom. The van der Waals surface area contributed by atoms with Crippen molar-refractivity contribution in [2.45, 2.75) is 12.5 Å². The summed E-state index contributed by atoms with van der Waals surface area (Å²) in [6, 6.07) is 10.5. The highest BCUT2D eigenvalue weighted by Crippen LogP contribution is 2.19. The van der Waals surface area contributed by atoms with Crippen LogP contribution >= 0.6 is 0 Å². The summed E-state index contributed by atoms with van der Waals surface area (Å²) in [5, 5.41) is 16.1. The van der Waals surface area contributed by atoms with Crippen molar-refractivity contribution in [3.63, 3.8) is 0 Å². The number of methoxy groups -OCH3 is 1. The van der Waals surface area contributed by atoms with Crippen molar-refractivity contribution in [3.05, 3.63) is 60.2 Å². The molecule has 3 rings (SSSR count). The molecular weight excluding hydrogens is 370 g/mol. The number of nitrogens with two attached hydrogens (primary N) is 1. The average molecular weight is 393 g/mol. The largest absolute Gasteiger partial charge is 0.468 e. The fourth-order valence-corrected chi connectivity index (χ4v) is 2.91. The molecule has 0 aliphatic heterocycles. The predicted molar refractivity (Wildman–Crippen MR) is 109 cm³/mol. The molecule has 1 unspecified atom stereocenters. The van der Waals surface area contributed by atoms with Crippen LogP contribution in [0, 0.1) is 5.41 Å². The van der Waals surface area contributed by atoms with Crippen molar-refractivity contribution in [1.29, 1.82) is 5.41 Å². The van der Waals surface area contributed by atoms with Crippen molar-refractivity contribution in [2.75, 3.05) is 21.2 Å². The van der Waals surface area contributed by atoms with Crippen LogP contribution in [0.4, 0.5) is 0 Å². The maximum absolute atomic E-state index is 12.0. The van der Waals surface area contributed by atoms with Crippen LogP contribution in [-0.2, 0) is 16.0 Å². The number of benzene rings is 1. The van der Waals surface area contributed by atoms with E-state index in [-0.39, 0.29) is 11.8 Å². The third-order valence-electron chi connectivity index (χ3n) is 4.58. The number of hydrogen-bond donors (Lipinski definition) is 2. The monoisotopic (exact) mass is 393 g/mol. The lowest BCUT2D eigenvalue weighted by molar-refractivity contribution is -0.146. The zero-order valence-electron chi connectivity index (χ0n) is 16.5. The first-order valence-electron chi connectivity index (χ1n) is 8.96. The van der Waals surface area contributed by atoms with Gasteiger partial charge in [-0.25, -0.2) is 4.98 Å². The lowest BCUT2D eigenvalue weighted by atomic mass is 10.1. The van der Waals surface area contributed by atoms with E-state index in [1.165, 1.54) is 7.11 Å². The minimum absolute atomic E-state index is 0.0219. The number of carbonyl (C=O) groups excluding carboxylic acids is 1. The van der Waals surface area contributed by atoms with Gasteiger partial charge in [0.2, 0.25) is 0 Å². The number of nitrogens with zero attached hydrogens (tertiary/aromatic N) is 5. The molecule has 0 saturated carbocycles. The number of esters is 1. The molecule has 1 atom stereocenters. The summed E-state index contributed by atoms with van der Waals surface area (Å²) < 4.78 is 6.69. The van der Waals surface area contributed by atoms with E-state index in [0.29, 0.717) is 29.3 Å². The summed E-state index contributed by atoms with van der Waals surface area (Å²) in [6.45, 7) is 0. The molecule has 0 radical (unpaired) electrons. The van der Waals surface area contributed by atoms with Crippen LogP contribution in [0.1, 0.15) is 11.4 Å². The molecule has 2 heterocycles. The first kappa shape index (κ1) is 20.2. The second-order valence-corrected chi connectivity index (χ2v) is 6.69. The van der Waals surface area contributed by atoms with Crippen LogP contribution in [-0.4, -0.2) is 63.7 Å². The minimum Gasteiger partial charge on any atom is -0.468 e. The first-order valence-corrected chi connectivity index (χ1v) is 8.96.